The number of pyridine rings is 2. The van der Waals surface area contributed by atoms with Gasteiger partial charge in [-0.2, -0.15) is 5.10 Å². The number of carbonyl (C=O) groups excluding carboxylic acids is 2. The molecule has 0 aliphatic heterocycles. The van der Waals surface area contributed by atoms with E-state index in [1.165, 1.54) is 4.88 Å². The molecular weight excluding hydrogens is 462 g/mol. The second kappa shape index (κ2) is 8.62. The Balaban J connectivity index is 1.51. The molecule has 0 bridgehead atoms. The molecule has 5 aromatic heterocycles. The van der Waals surface area contributed by atoms with Crippen LogP contribution in [-0.4, -0.2) is 36.0 Å². The van der Waals surface area contributed by atoms with E-state index >= 15 is 0 Å². The number of imidazole rings is 1. The maximum atomic E-state index is 13.3. The first-order chi connectivity index (χ1) is 16.7. The monoisotopic (exact) mass is 487 g/mol. The largest absolute Gasteiger partial charge is 0.295 e. The van der Waals surface area contributed by atoms with E-state index in [0.29, 0.717) is 39.3 Å². The van der Waals surface area contributed by atoms with Crippen LogP contribution in [0.3, 0.4) is 0 Å². The molecule has 5 rings (SSSR count). The summed E-state index contributed by atoms with van der Waals surface area (Å²) in [4.78, 5) is 37.8. The van der Waals surface area contributed by atoms with E-state index in [4.69, 9.17) is 4.98 Å². The Bertz CT molecular complexity index is 1610. The zero-order valence-corrected chi connectivity index (χ0v) is 20.9. The van der Waals surface area contributed by atoms with Gasteiger partial charge in [0, 0.05) is 27.6 Å². The highest BCUT2D eigenvalue weighted by atomic mass is 32.1. The molecular formula is C25H25N7O2S. The lowest BCUT2D eigenvalue weighted by Crippen LogP contribution is -2.42. The number of carbonyl (C=O) groups is 2. The Morgan fingerprint density at radius 2 is 1.80 bits per heavy atom. The van der Waals surface area contributed by atoms with Crippen LogP contribution in [0.25, 0.3) is 27.9 Å². The first kappa shape index (κ1) is 22.7. The molecule has 35 heavy (non-hydrogen) atoms. The Hall–Kier alpha value is -4.05. The van der Waals surface area contributed by atoms with E-state index in [-0.39, 0.29) is 6.04 Å². The molecule has 0 spiro atoms. The van der Waals surface area contributed by atoms with Crippen LogP contribution in [0, 0.1) is 20.8 Å². The SMILES string of the molecule is Cc1cc(-c2cc(C(=O)NNC(=O)c3c(C)nc4ccccn34)c3cnn(C(C)C)c3n2)c(C)s1. The van der Waals surface area contributed by atoms with Crippen molar-refractivity contribution in [1.82, 2.24) is 35.0 Å². The average Bonchev–Trinajstić information content (AvgIpc) is 3.49. The number of rotatable bonds is 4. The van der Waals surface area contributed by atoms with Crippen LogP contribution < -0.4 is 10.9 Å². The van der Waals surface area contributed by atoms with Gasteiger partial charge in [-0.3, -0.25) is 24.8 Å². The molecule has 5 aromatic rings. The number of hydrazine groups is 1. The Morgan fingerprint density at radius 3 is 2.51 bits per heavy atom. The molecule has 0 atom stereocenters. The van der Waals surface area contributed by atoms with E-state index in [2.05, 4.69) is 27.0 Å². The second-order valence-corrected chi connectivity index (χ2v) is 10.1. The molecule has 0 unspecified atom stereocenters. The van der Waals surface area contributed by atoms with Crippen LogP contribution in [0.2, 0.25) is 0 Å². The molecule has 2 N–H and O–H groups in total. The highest BCUT2D eigenvalue weighted by molar-refractivity contribution is 7.12. The average molecular weight is 488 g/mol. The smallest absolute Gasteiger partial charge is 0.288 e. The summed E-state index contributed by atoms with van der Waals surface area (Å²) in [6.07, 6.45) is 3.40. The summed E-state index contributed by atoms with van der Waals surface area (Å²) in [5, 5.41) is 5.08. The molecule has 10 heteroatoms. The Kier molecular flexibility index (Phi) is 5.60. The fourth-order valence-corrected chi connectivity index (χ4v) is 5.17. The quantitative estimate of drug-likeness (QED) is 0.366. The van der Waals surface area contributed by atoms with Crippen LogP contribution in [0.5, 0.6) is 0 Å². The maximum Gasteiger partial charge on any atom is 0.288 e. The van der Waals surface area contributed by atoms with Crippen LogP contribution in [-0.2, 0) is 0 Å². The van der Waals surface area contributed by atoms with Crippen molar-refractivity contribution < 1.29 is 9.59 Å². The van der Waals surface area contributed by atoms with Crippen molar-refractivity contribution in [3.63, 3.8) is 0 Å². The summed E-state index contributed by atoms with van der Waals surface area (Å²) in [5.74, 6) is -0.909. The number of thiophene rings is 1. The van der Waals surface area contributed by atoms with Crippen LogP contribution >= 0.6 is 11.3 Å². The van der Waals surface area contributed by atoms with Gasteiger partial charge in [0.05, 0.1) is 28.5 Å². The zero-order valence-electron chi connectivity index (χ0n) is 20.1. The molecule has 0 radical (unpaired) electrons. The molecule has 5 heterocycles. The number of hydrogen-bond acceptors (Lipinski definition) is 6. The highest BCUT2D eigenvalue weighted by Gasteiger charge is 2.22. The molecule has 2 amide bonds. The normalized spacial score (nSPS) is 11.5. The summed E-state index contributed by atoms with van der Waals surface area (Å²) in [5.41, 5.74) is 9.36. The Morgan fingerprint density at radius 1 is 1.03 bits per heavy atom. The molecule has 0 aliphatic carbocycles. The van der Waals surface area contributed by atoms with Crippen LogP contribution in [0.1, 0.15) is 56.2 Å². The third-order valence-corrected chi connectivity index (χ3v) is 6.79. The van der Waals surface area contributed by atoms with Gasteiger partial charge in [-0.1, -0.05) is 6.07 Å². The molecule has 0 aromatic carbocycles. The summed E-state index contributed by atoms with van der Waals surface area (Å²) in [7, 11) is 0. The maximum absolute atomic E-state index is 13.3. The summed E-state index contributed by atoms with van der Waals surface area (Å²) < 4.78 is 3.48. The molecule has 0 saturated heterocycles. The summed E-state index contributed by atoms with van der Waals surface area (Å²) in [6, 6.07) is 9.38. The number of amides is 2. The van der Waals surface area contributed by atoms with Gasteiger partial charge in [-0.25, -0.2) is 14.6 Å². The van der Waals surface area contributed by atoms with Gasteiger partial charge in [-0.15, -0.1) is 11.3 Å². The highest BCUT2D eigenvalue weighted by Crippen LogP contribution is 2.32. The van der Waals surface area contributed by atoms with Gasteiger partial charge in [0.2, 0.25) is 0 Å². The summed E-state index contributed by atoms with van der Waals surface area (Å²) >= 11 is 1.68. The third kappa shape index (κ3) is 3.95. The number of nitrogens with one attached hydrogen (secondary N) is 2. The molecule has 178 valence electrons. The third-order valence-electron chi connectivity index (χ3n) is 5.83. The van der Waals surface area contributed by atoms with Crippen molar-refractivity contribution in [2.24, 2.45) is 0 Å². The molecule has 0 fully saturated rings. The second-order valence-electron chi connectivity index (χ2n) is 8.69. The number of hydrogen-bond donors (Lipinski definition) is 2. The summed E-state index contributed by atoms with van der Waals surface area (Å²) in [6.45, 7) is 9.87. The van der Waals surface area contributed by atoms with E-state index in [1.807, 2.05) is 45.9 Å². The number of fused-ring (bicyclic) bond motifs is 2. The van der Waals surface area contributed by atoms with Gasteiger partial charge in [0.25, 0.3) is 11.8 Å². The van der Waals surface area contributed by atoms with Crippen molar-refractivity contribution in [1.29, 1.82) is 0 Å². The number of aromatic nitrogens is 5. The minimum atomic E-state index is -0.456. The van der Waals surface area contributed by atoms with Crippen molar-refractivity contribution in [2.45, 2.75) is 40.7 Å². The molecule has 0 aliphatic rings. The number of aryl methyl sites for hydroxylation is 3. The van der Waals surface area contributed by atoms with Crippen molar-refractivity contribution in [2.75, 3.05) is 0 Å². The fraction of sp³-hybridized carbons (Fsp3) is 0.240. The minimum Gasteiger partial charge on any atom is -0.295 e. The van der Waals surface area contributed by atoms with Crippen LogP contribution in [0.15, 0.2) is 42.7 Å². The zero-order chi connectivity index (χ0) is 24.9. The fourth-order valence-electron chi connectivity index (χ4n) is 4.23. The van der Waals surface area contributed by atoms with Gasteiger partial charge >= 0.3 is 0 Å². The Labute approximate surface area is 205 Å². The first-order valence-electron chi connectivity index (χ1n) is 11.2. The lowest BCUT2D eigenvalue weighted by atomic mass is 10.1. The minimum absolute atomic E-state index is 0.0642. The van der Waals surface area contributed by atoms with Gasteiger partial charge in [-0.05, 0) is 58.9 Å². The predicted octanol–water partition coefficient (Wildman–Crippen LogP) is 4.39. The van der Waals surface area contributed by atoms with Gasteiger partial charge in [0.1, 0.15) is 11.3 Å². The topological polar surface area (TPSA) is 106 Å². The van der Waals surface area contributed by atoms with E-state index in [0.717, 1.165) is 10.4 Å². The lowest BCUT2D eigenvalue weighted by Gasteiger charge is -2.12. The molecule has 9 nitrogen and oxygen atoms in total. The van der Waals surface area contributed by atoms with Crippen molar-refractivity contribution in [3.8, 4) is 11.3 Å². The predicted molar refractivity (Wildman–Crippen MR) is 136 cm³/mol. The number of nitrogens with zero attached hydrogens (tertiary/aromatic N) is 5. The van der Waals surface area contributed by atoms with Crippen molar-refractivity contribution >= 4 is 39.8 Å². The first-order valence-corrected chi connectivity index (χ1v) is 12.1. The standard InChI is InChI=1S/C25H25N7O2S/c1-13(2)32-23-19(12-26-32)18(11-20(28-23)17-10-14(3)35-16(17)5)24(33)29-30-25(34)22-15(4)27-21-8-6-7-9-31(21)22/h6-13H,1-5H3,(H,29,33)(H,30,34). The molecule has 0 saturated carbocycles. The van der Waals surface area contributed by atoms with Crippen molar-refractivity contribution in [3.05, 3.63) is 69.4 Å². The van der Waals surface area contributed by atoms with Gasteiger partial charge < -0.3 is 0 Å². The lowest BCUT2D eigenvalue weighted by molar-refractivity contribution is 0.0844. The van der Waals surface area contributed by atoms with E-state index < -0.39 is 11.8 Å². The van der Waals surface area contributed by atoms with E-state index in [1.54, 1.807) is 45.8 Å². The van der Waals surface area contributed by atoms with E-state index in [9.17, 15) is 9.59 Å². The van der Waals surface area contributed by atoms with Crippen LogP contribution in [0.4, 0.5) is 0 Å². The van der Waals surface area contributed by atoms with Gasteiger partial charge in [0.15, 0.2) is 5.65 Å².